The molecule has 0 aliphatic carbocycles. The molecule has 2 aromatic heterocycles. The number of anilines is 3. The number of nitrogens with one attached hydrogen (secondary N) is 2. The number of carbonyl (C=O) groups excluding carboxylic acids is 1. The standard InChI is InChI=1S/C30H37N9O/c1-4-26-29(36-30(27(35-26)28(31)40)34-25-18-33-38(3)20-25)32-17-22-6-5-7-24(16-22)23-10-8-21(9-11-23)19-39-14-12-37(2)13-15-39/h5-11,16,18,20H,4,12-15,17,19H2,1-3H3,(H2,31,40)(H2,32,34,36). The zero-order chi connectivity index (χ0) is 28.1. The highest BCUT2D eigenvalue weighted by Gasteiger charge is 2.18. The van der Waals surface area contributed by atoms with Crippen molar-refractivity contribution in [1.82, 2.24) is 29.5 Å². The molecule has 3 heterocycles. The molecule has 1 aliphatic heterocycles. The third kappa shape index (κ3) is 6.64. The van der Waals surface area contributed by atoms with E-state index in [9.17, 15) is 4.79 Å². The number of carbonyl (C=O) groups is 1. The molecule has 208 valence electrons. The number of amides is 1. The Morgan fingerprint density at radius 2 is 1.73 bits per heavy atom. The van der Waals surface area contributed by atoms with Crippen molar-refractivity contribution in [3.63, 3.8) is 0 Å². The molecule has 4 aromatic rings. The zero-order valence-electron chi connectivity index (χ0n) is 23.4. The maximum atomic E-state index is 12.1. The largest absolute Gasteiger partial charge is 0.364 e. The molecule has 0 radical (unpaired) electrons. The van der Waals surface area contributed by atoms with Gasteiger partial charge in [-0.15, -0.1) is 0 Å². The molecule has 1 saturated heterocycles. The lowest BCUT2D eigenvalue weighted by Crippen LogP contribution is -2.43. The quantitative estimate of drug-likeness (QED) is 0.280. The van der Waals surface area contributed by atoms with Crippen LogP contribution in [-0.2, 0) is 26.6 Å². The molecule has 10 nitrogen and oxygen atoms in total. The van der Waals surface area contributed by atoms with E-state index in [1.165, 1.54) is 11.1 Å². The molecule has 1 amide bonds. The fourth-order valence-corrected chi connectivity index (χ4v) is 4.85. The lowest BCUT2D eigenvalue weighted by Gasteiger charge is -2.32. The van der Waals surface area contributed by atoms with E-state index in [-0.39, 0.29) is 5.69 Å². The Balaban J connectivity index is 1.29. The van der Waals surface area contributed by atoms with Gasteiger partial charge in [-0.05, 0) is 41.8 Å². The minimum absolute atomic E-state index is 0.101. The van der Waals surface area contributed by atoms with Crippen LogP contribution in [0.3, 0.4) is 0 Å². The van der Waals surface area contributed by atoms with Crippen molar-refractivity contribution < 1.29 is 4.79 Å². The van der Waals surface area contributed by atoms with Gasteiger partial charge in [-0.3, -0.25) is 14.4 Å². The summed E-state index contributed by atoms with van der Waals surface area (Å²) in [5, 5.41) is 10.7. The monoisotopic (exact) mass is 539 g/mol. The van der Waals surface area contributed by atoms with E-state index in [4.69, 9.17) is 10.7 Å². The molecule has 0 bridgehead atoms. The van der Waals surface area contributed by atoms with Crippen LogP contribution in [0.1, 0.15) is 34.2 Å². The number of hydrogen-bond acceptors (Lipinski definition) is 8. The number of nitrogens with zero attached hydrogens (tertiary/aromatic N) is 6. The zero-order valence-corrected chi connectivity index (χ0v) is 23.4. The summed E-state index contributed by atoms with van der Waals surface area (Å²) in [5.74, 6) is 0.269. The second kappa shape index (κ2) is 12.3. The molecule has 0 spiro atoms. The van der Waals surface area contributed by atoms with Gasteiger partial charge in [0.1, 0.15) is 0 Å². The predicted molar refractivity (Wildman–Crippen MR) is 158 cm³/mol. The highest BCUT2D eigenvalue weighted by Crippen LogP contribution is 2.25. The normalized spacial score (nSPS) is 14.3. The number of hydrogen-bond donors (Lipinski definition) is 3. The van der Waals surface area contributed by atoms with Crippen LogP contribution < -0.4 is 16.4 Å². The first-order chi connectivity index (χ1) is 19.4. The highest BCUT2D eigenvalue weighted by molar-refractivity contribution is 5.96. The predicted octanol–water partition coefficient (Wildman–Crippen LogP) is 3.64. The van der Waals surface area contributed by atoms with E-state index in [0.29, 0.717) is 36.0 Å². The van der Waals surface area contributed by atoms with Crippen molar-refractivity contribution in [2.75, 3.05) is 43.9 Å². The van der Waals surface area contributed by atoms with Gasteiger partial charge in [0, 0.05) is 52.5 Å². The van der Waals surface area contributed by atoms with Gasteiger partial charge in [0.15, 0.2) is 17.3 Å². The van der Waals surface area contributed by atoms with E-state index in [1.54, 1.807) is 17.1 Å². The molecule has 40 heavy (non-hydrogen) atoms. The summed E-state index contributed by atoms with van der Waals surface area (Å²) in [7, 11) is 4.00. The first-order valence-electron chi connectivity index (χ1n) is 13.7. The third-order valence-corrected chi connectivity index (χ3v) is 7.18. The van der Waals surface area contributed by atoms with Crippen LogP contribution in [0.2, 0.25) is 0 Å². The number of nitrogens with two attached hydrogens (primary N) is 1. The lowest BCUT2D eigenvalue weighted by molar-refractivity contribution is 0.0996. The first-order valence-corrected chi connectivity index (χ1v) is 13.7. The third-order valence-electron chi connectivity index (χ3n) is 7.18. The molecule has 2 aromatic carbocycles. The fraction of sp³-hybridized carbons (Fsp3) is 0.333. The van der Waals surface area contributed by atoms with Crippen molar-refractivity contribution in [2.45, 2.75) is 26.4 Å². The molecular formula is C30H37N9O. The van der Waals surface area contributed by atoms with Gasteiger partial charge in [0.25, 0.3) is 5.91 Å². The van der Waals surface area contributed by atoms with E-state index >= 15 is 0 Å². The molecular weight excluding hydrogens is 502 g/mol. The molecule has 1 aliphatic rings. The first kappa shape index (κ1) is 27.3. The van der Waals surface area contributed by atoms with Crippen LogP contribution in [0.4, 0.5) is 17.3 Å². The summed E-state index contributed by atoms with van der Waals surface area (Å²) in [5.41, 5.74) is 11.9. The number of aryl methyl sites for hydroxylation is 2. The van der Waals surface area contributed by atoms with Crippen molar-refractivity contribution in [1.29, 1.82) is 0 Å². The van der Waals surface area contributed by atoms with Gasteiger partial charge in [0.05, 0.1) is 17.6 Å². The van der Waals surface area contributed by atoms with Gasteiger partial charge in [-0.25, -0.2) is 9.97 Å². The molecule has 0 saturated carbocycles. The maximum Gasteiger partial charge on any atom is 0.271 e. The van der Waals surface area contributed by atoms with Gasteiger partial charge < -0.3 is 21.3 Å². The second-order valence-electron chi connectivity index (χ2n) is 10.3. The topological polar surface area (TPSA) is 117 Å². The molecule has 1 fully saturated rings. The Kier molecular flexibility index (Phi) is 8.37. The number of aromatic nitrogens is 4. The summed E-state index contributed by atoms with van der Waals surface area (Å²) in [6.07, 6.45) is 4.04. The smallest absolute Gasteiger partial charge is 0.271 e. The van der Waals surface area contributed by atoms with E-state index in [2.05, 4.69) is 86.1 Å². The van der Waals surface area contributed by atoms with E-state index in [1.807, 2.05) is 14.0 Å². The van der Waals surface area contributed by atoms with E-state index in [0.717, 1.165) is 43.9 Å². The molecule has 4 N–H and O–H groups in total. The number of primary amides is 1. The van der Waals surface area contributed by atoms with Crippen molar-refractivity contribution >= 4 is 23.2 Å². The average Bonchev–Trinajstić information content (AvgIpc) is 3.37. The number of likely N-dealkylation sites (N-methyl/N-ethyl adjacent to an activating group) is 1. The SMILES string of the molecule is CCc1nc(C(N)=O)c(Nc2cnn(C)c2)nc1NCc1cccc(-c2ccc(CN3CCN(C)CC3)cc2)c1. The van der Waals surface area contributed by atoms with Gasteiger partial charge in [0.2, 0.25) is 0 Å². The molecule has 0 atom stereocenters. The van der Waals surface area contributed by atoms with Crippen LogP contribution in [0, 0.1) is 0 Å². The minimum Gasteiger partial charge on any atom is -0.364 e. The Hall–Kier alpha value is -4.28. The average molecular weight is 540 g/mol. The number of rotatable bonds is 10. The maximum absolute atomic E-state index is 12.1. The van der Waals surface area contributed by atoms with Crippen molar-refractivity contribution in [3.8, 4) is 11.1 Å². The Bertz CT molecular complexity index is 1460. The Labute approximate surface area is 235 Å². The van der Waals surface area contributed by atoms with Gasteiger partial charge in [-0.2, -0.15) is 5.10 Å². The number of piperazine rings is 1. The Morgan fingerprint density at radius 1 is 0.950 bits per heavy atom. The van der Waals surface area contributed by atoms with Crippen LogP contribution in [-0.4, -0.2) is 68.7 Å². The summed E-state index contributed by atoms with van der Waals surface area (Å²) < 4.78 is 1.66. The molecule has 5 rings (SSSR count). The van der Waals surface area contributed by atoms with Crippen LogP contribution in [0.5, 0.6) is 0 Å². The fourth-order valence-electron chi connectivity index (χ4n) is 4.85. The van der Waals surface area contributed by atoms with Crippen molar-refractivity contribution in [2.24, 2.45) is 12.8 Å². The van der Waals surface area contributed by atoms with Crippen LogP contribution in [0.15, 0.2) is 60.9 Å². The molecule has 0 unspecified atom stereocenters. The second-order valence-corrected chi connectivity index (χ2v) is 10.3. The van der Waals surface area contributed by atoms with Crippen molar-refractivity contribution in [3.05, 3.63) is 83.4 Å². The highest BCUT2D eigenvalue weighted by atomic mass is 16.1. The summed E-state index contributed by atoms with van der Waals surface area (Å²) in [6, 6.07) is 17.4. The number of benzene rings is 2. The van der Waals surface area contributed by atoms with Crippen LogP contribution in [0.25, 0.3) is 11.1 Å². The summed E-state index contributed by atoms with van der Waals surface area (Å²) in [6.45, 7) is 8.00. The summed E-state index contributed by atoms with van der Waals surface area (Å²) in [4.78, 5) is 26.2. The van der Waals surface area contributed by atoms with Gasteiger partial charge in [-0.1, -0.05) is 49.4 Å². The molecule has 10 heteroatoms. The lowest BCUT2D eigenvalue weighted by atomic mass is 10.0. The Morgan fingerprint density at radius 3 is 2.40 bits per heavy atom. The summed E-state index contributed by atoms with van der Waals surface area (Å²) >= 11 is 0. The minimum atomic E-state index is -0.637. The van der Waals surface area contributed by atoms with Crippen LogP contribution >= 0.6 is 0 Å². The van der Waals surface area contributed by atoms with Gasteiger partial charge >= 0.3 is 0 Å². The van der Waals surface area contributed by atoms with E-state index < -0.39 is 5.91 Å².